The number of rotatable bonds is 13. The minimum absolute atomic E-state index is 0.129. The van der Waals surface area contributed by atoms with Crippen molar-refractivity contribution < 1.29 is 23.2 Å². The number of piperazine rings is 1. The van der Waals surface area contributed by atoms with Crippen LogP contribution in [0.1, 0.15) is 94.5 Å². The number of nitrogens with one attached hydrogen (secondary N) is 2. The molecule has 3 saturated carbocycles. The van der Waals surface area contributed by atoms with Crippen molar-refractivity contribution in [3.05, 3.63) is 93.3 Å². The fraction of sp³-hybridized carbons (Fsp3) is 0.522. The average molecular weight is 793 g/mol. The van der Waals surface area contributed by atoms with Crippen molar-refractivity contribution in [1.82, 2.24) is 14.9 Å². The monoisotopic (exact) mass is 792 g/mol. The maximum absolute atomic E-state index is 14.3. The summed E-state index contributed by atoms with van der Waals surface area (Å²) < 4.78 is 34.5. The Labute approximate surface area is 338 Å². The van der Waals surface area contributed by atoms with Crippen LogP contribution in [0, 0.1) is 38.2 Å². The van der Waals surface area contributed by atoms with Gasteiger partial charge in [0.15, 0.2) is 5.78 Å². The van der Waals surface area contributed by atoms with Gasteiger partial charge in [0.25, 0.3) is 5.69 Å². The van der Waals surface area contributed by atoms with Crippen LogP contribution in [-0.4, -0.2) is 71.3 Å². The number of anilines is 2. The highest BCUT2D eigenvalue weighted by molar-refractivity contribution is 6.11. The smallest absolute Gasteiger partial charge is 0.293 e. The Morgan fingerprint density at radius 3 is 2.55 bits per heavy atom. The van der Waals surface area contributed by atoms with Crippen molar-refractivity contribution in [3.63, 3.8) is 0 Å². The topological polar surface area (TPSA) is 117 Å². The first kappa shape index (κ1) is 38.7. The number of aromatic amines is 1. The van der Waals surface area contributed by atoms with Crippen LogP contribution in [0.4, 0.5) is 25.8 Å². The molecular formula is C46H54F2N6O4. The van der Waals surface area contributed by atoms with Gasteiger partial charge in [-0.05, 0) is 98.6 Å². The van der Waals surface area contributed by atoms with Gasteiger partial charge < -0.3 is 19.9 Å². The molecule has 2 N–H and O–H groups in total. The number of hydrogen-bond donors (Lipinski definition) is 2. The van der Waals surface area contributed by atoms with Crippen molar-refractivity contribution >= 4 is 33.9 Å². The molecule has 1 aliphatic heterocycles. The molecule has 10 nitrogen and oxygen atoms in total. The first-order valence-corrected chi connectivity index (χ1v) is 21.1. The molecule has 4 aliphatic carbocycles. The SMILES string of the molecule is CC1CCC(CNc2ccc(C(=O)c3ccc(N4CCN(CC5=C(C67CC6(C(F)F)C7)CC(C)(C)CC5)CC4)cc3Oc3cnc4[nH]ccc4c3)cc2[N+](=O)[O-])CC1. The summed E-state index contributed by atoms with van der Waals surface area (Å²) in [7, 11) is 0. The van der Waals surface area contributed by atoms with E-state index in [1.54, 1.807) is 30.6 Å². The third kappa shape index (κ3) is 7.26. The standard InChI is InChI=1S/C46H54F2N6O4/c1-29-4-6-30(7-5-29)24-50-38-11-8-31(21-39(38)54(56)57)41(55)36-10-9-34(22-40(36)58-35-20-32-13-15-49-42(32)51-25-35)53-18-16-52(17-19-53)26-33-12-14-44(2,3)23-37(33)45-27-46(45,28-45)43(47)48/h8-11,13,15,20-22,25,29-30,43,50H,4-7,12,14,16-19,23-24,26-28H2,1-3H3,(H,49,51). The van der Waals surface area contributed by atoms with Gasteiger partial charge in [-0.15, -0.1) is 0 Å². The van der Waals surface area contributed by atoms with E-state index < -0.39 is 16.8 Å². The maximum Gasteiger partial charge on any atom is 0.293 e. The molecule has 0 radical (unpaired) electrons. The van der Waals surface area contributed by atoms with E-state index in [1.165, 1.54) is 30.1 Å². The first-order valence-electron chi connectivity index (χ1n) is 21.1. The molecule has 0 bridgehead atoms. The van der Waals surface area contributed by atoms with Crippen LogP contribution in [0.3, 0.4) is 0 Å². The van der Waals surface area contributed by atoms with Crippen molar-refractivity contribution in [2.24, 2.45) is 28.1 Å². The molecule has 12 heteroatoms. The van der Waals surface area contributed by atoms with Gasteiger partial charge in [0.2, 0.25) is 6.43 Å². The maximum atomic E-state index is 14.3. The fourth-order valence-electron chi connectivity index (χ4n) is 10.3. The number of ether oxygens (including phenoxy) is 1. The zero-order valence-corrected chi connectivity index (χ0v) is 33.8. The van der Waals surface area contributed by atoms with Gasteiger partial charge >= 0.3 is 0 Å². The molecular weight excluding hydrogens is 739 g/mol. The van der Waals surface area contributed by atoms with E-state index in [1.807, 2.05) is 24.3 Å². The summed E-state index contributed by atoms with van der Waals surface area (Å²) in [5.74, 6) is 1.62. The number of aromatic nitrogens is 2. The van der Waals surface area contributed by atoms with Gasteiger partial charge in [-0.2, -0.15) is 0 Å². The lowest BCUT2D eigenvalue weighted by molar-refractivity contribution is -0.384. The Morgan fingerprint density at radius 1 is 1.05 bits per heavy atom. The lowest BCUT2D eigenvalue weighted by Gasteiger charge is -2.40. The van der Waals surface area contributed by atoms with Gasteiger partial charge in [-0.1, -0.05) is 44.8 Å². The zero-order valence-electron chi connectivity index (χ0n) is 33.8. The second kappa shape index (κ2) is 14.8. The van der Waals surface area contributed by atoms with Crippen molar-refractivity contribution in [2.75, 3.05) is 49.5 Å². The van der Waals surface area contributed by atoms with Crippen molar-refractivity contribution in [3.8, 4) is 11.5 Å². The van der Waals surface area contributed by atoms with Gasteiger partial charge in [0.1, 0.15) is 22.8 Å². The Kier molecular flexibility index (Phi) is 9.84. The molecule has 4 fully saturated rings. The predicted octanol–water partition coefficient (Wildman–Crippen LogP) is 10.4. The Balaban J connectivity index is 0.938. The molecule has 1 saturated heterocycles. The number of hydrogen-bond acceptors (Lipinski definition) is 8. The van der Waals surface area contributed by atoms with E-state index in [0.717, 1.165) is 87.5 Å². The number of nitro groups is 1. The van der Waals surface area contributed by atoms with Crippen molar-refractivity contribution in [1.29, 1.82) is 0 Å². The minimum atomic E-state index is -2.24. The Morgan fingerprint density at radius 2 is 1.83 bits per heavy atom. The number of halogens is 2. The number of carbonyl (C=O) groups excluding carboxylic acids is 1. The fourth-order valence-corrected chi connectivity index (χ4v) is 10.3. The summed E-state index contributed by atoms with van der Waals surface area (Å²) >= 11 is 0. The Bertz CT molecular complexity index is 2260. The lowest BCUT2D eigenvalue weighted by Crippen LogP contribution is -2.47. The number of allylic oxidation sites excluding steroid dienone is 1. The highest BCUT2D eigenvalue weighted by Crippen LogP contribution is 2.92. The second-order valence-corrected chi connectivity index (χ2v) is 18.8. The van der Waals surface area contributed by atoms with E-state index in [-0.39, 0.29) is 27.9 Å². The zero-order chi connectivity index (χ0) is 40.4. The van der Waals surface area contributed by atoms with Gasteiger partial charge in [-0.3, -0.25) is 19.8 Å². The van der Waals surface area contributed by atoms with E-state index in [9.17, 15) is 23.7 Å². The summed E-state index contributed by atoms with van der Waals surface area (Å²) in [6.45, 7) is 11.5. The number of carbonyl (C=O) groups is 1. The van der Waals surface area contributed by atoms with E-state index >= 15 is 0 Å². The minimum Gasteiger partial charge on any atom is -0.455 e. The largest absolute Gasteiger partial charge is 0.455 e. The summed E-state index contributed by atoms with van der Waals surface area (Å²) in [4.78, 5) is 38.4. The van der Waals surface area contributed by atoms with Crippen LogP contribution in [0.2, 0.25) is 0 Å². The Hall–Kier alpha value is -4.84. The second-order valence-electron chi connectivity index (χ2n) is 18.8. The van der Waals surface area contributed by atoms with Crippen LogP contribution in [-0.2, 0) is 0 Å². The molecule has 9 rings (SSSR count). The van der Waals surface area contributed by atoms with Crippen LogP contribution in [0.25, 0.3) is 11.0 Å². The van der Waals surface area contributed by atoms with E-state index in [4.69, 9.17) is 4.74 Å². The van der Waals surface area contributed by atoms with Gasteiger partial charge in [0.05, 0.1) is 16.7 Å². The van der Waals surface area contributed by atoms with Crippen molar-refractivity contribution in [2.45, 2.75) is 85.0 Å². The summed E-state index contributed by atoms with van der Waals surface area (Å²) in [6, 6.07) is 14.0. The van der Waals surface area contributed by atoms with Crippen LogP contribution >= 0.6 is 0 Å². The molecule has 58 heavy (non-hydrogen) atoms. The van der Waals surface area contributed by atoms with Crippen LogP contribution < -0.4 is 15.0 Å². The number of pyridine rings is 1. The quantitative estimate of drug-likeness (QED) is 0.0595. The molecule has 4 aromatic rings. The van der Waals surface area contributed by atoms with E-state index in [0.29, 0.717) is 48.1 Å². The van der Waals surface area contributed by atoms with Crippen LogP contribution in [0.5, 0.6) is 11.5 Å². The predicted molar refractivity (Wildman–Crippen MR) is 222 cm³/mol. The van der Waals surface area contributed by atoms with Crippen LogP contribution in [0.15, 0.2) is 72.1 Å². The number of nitro benzene ring substituents is 1. The number of H-pyrrole nitrogens is 1. The molecule has 5 aliphatic rings. The summed E-state index contributed by atoms with van der Waals surface area (Å²) in [6.07, 6.45) is 10.0. The molecule has 306 valence electrons. The highest BCUT2D eigenvalue weighted by Gasteiger charge is 2.88. The molecule has 0 amide bonds. The van der Waals surface area contributed by atoms with E-state index in [2.05, 4.69) is 45.9 Å². The molecule has 0 unspecified atom stereocenters. The molecule has 0 atom stereocenters. The third-order valence-electron chi connectivity index (χ3n) is 14.3. The molecule has 2 aromatic heterocycles. The first-order chi connectivity index (χ1) is 27.8. The highest BCUT2D eigenvalue weighted by atomic mass is 19.3. The number of ketones is 1. The number of nitrogens with zero attached hydrogens (tertiary/aromatic N) is 4. The number of fused-ring (bicyclic) bond motifs is 2. The third-order valence-corrected chi connectivity index (χ3v) is 14.3. The van der Waals surface area contributed by atoms with Gasteiger partial charge in [0, 0.05) is 85.1 Å². The molecule has 0 spiro atoms. The van der Waals surface area contributed by atoms with Gasteiger partial charge in [-0.25, -0.2) is 13.8 Å². The lowest BCUT2D eigenvalue weighted by atomic mass is 9.71. The number of benzene rings is 2. The average Bonchev–Trinajstić information content (AvgIpc) is 4.00. The normalized spacial score (nSPS) is 26.8. The molecule has 3 heterocycles. The summed E-state index contributed by atoms with van der Waals surface area (Å²) in [5.41, 5.74) is 4.28. The number of alkyl halides is 2. The summed E-state index contributed by atoms with van der Waals surface area (Å²) in [5, 5.41) is 16.5. The molecule has 2 aromatic carbocycles.